The van der Waals surface area contributed by atoms with E-state index in [2.05, 4.69) is 57.1 Å². The minimum Gasteiger partial charge on any atom is -0.241 e. The van der Waals surface area contributed by atoms with Crippen molar-refractivity contribution in [3.8, 4) is 0 Å². The quantitative estimate of drug-likeness (QED) is 0.798. The molecular formula is C13H13BrN2. The molecule has 82 valence electrons. The number of hydrogen-bond donors (Lipinski definition) is 0. The summed E-state index contributed by atoms with van der Waals surface area (Å²) in [6.07, 6.45) is 2.64. The lowest BCUT2D eigenvalue weighted by molar-refractivity contribution is 0.743. The average Bonchev–Trinajstić information content (AvgIpc) is 2.31. The Labute approximate surface area is 104 Å². The van der Waals surface area contributed by atoms with Crippen LogP contribution in [0.3, 0.4) is 0 Å². The van der Waals surface area contributed by atoms with Crippen molar-refractivity contribution in [2.75, 3.05) is 0 Å². The van der Waals surface area contributed by atoms with Crippen molar-refractivity contribution in [3.63, 3.8) is 0 Å². The summed E-state index contributed by atoms with van der Waals surface area (Å²) in [7, 11) is 0. The van der Waals surface area contributed by atoms with Gasteiger partial charge in [-0.2, -0.15) is 0 Å². The van der Waals surface area contributed by atoms with Gasteiger partial charge in [-0.15, -0.1) is 0 Å². The maximum absolute atomic E-state index is 4.35. The molecule has 0 unspecified atom stereocenters. The van der Waals surface area contributed by atoms with Gasteiger partial charge in [-0.3, -0.25) is 0 Å². The third kappa shape index (κ3) is 2.47. The summed E-state index contributed by atoms with van der Waals surface area (Å²) in [4.78, 5) is 8.40. The molecule has 16 heavy (non-hydrogen) atoms. The summed E-state index contributed by atoms with van der Waals surface area (Å²) >= 11 is 3.38. The number of rotatable bonds is 3. The summed E-state index contributed by atoms with van der Waals surface area (Å²) in [5, 5.41) is 0. The minimum absolute atomic E-state index is 0.348. The van der Waals surface area contributed by atoms with E-state index in [1.165, 1.54) is 5.56 Å². The van der Waals surface area contributed by atoms with E-state index in [9.17, 15) is 0 Å². The molecule has 0 spiro atoms. The monoisotopic (exact) mass is 276 g/mol. The van der Waals surface area contributed by atoms with E-state index in [-0.39, 0.29) is 0 Å². The van der Waals surface area contributed by atoms with E-state index in [0.717, 1.165) is 16.7 Å². The second-order valence-electron chi connectivity index (χ2n) is 3.64. The minimum atomic E-state index is 0.348. The van der Waals surface area contributed by atoms with Gasteiger partial charge in [-0.1, -0.05) is 37.3 Å². The number of halogens is 1. The molecule has 2 rings (SSSR count). The fourth-order valence-corrected chi connectivity index (χ4v) is 2.16. The lowest BCUT2D eigenvalue weighted by Crippen LogP contribution is -2.02. The normalized spacial score (nSPS) is 12.4. The molecule has 0 aliphatic heterocycles. The van der Waals surface area contributed by atoms with Crippen molar-refractivity contribution in [2.24, 2.45) is 0 Å². The maximum Gasteiger partial charge on any atom is 0.116 e. The lowest BCUT2D eigenvalue weighted by atomic mass is 9.93. The topological polar surface area (TPSA) is 25.8 Å². The Kier molecular flexibility index (Phi) is 3.67. The zero-order valence-corrected chi connectivity index (χ0v) is 10.7. The molecule has 2 aromatic rings. The highest BCUT2D eigenvalue weighted by Crippen LogP contribution is 2.26. The second kappa shape index (κ2) is 5.21. The third-order valence-corrected chi connectivity index (χ3v) is 3.06. The van der Waals surface area contributed by atoms with E-state index < -0.39 is 0 Å². The molecular weight excluding hydrogens is 264 g/mol. The van der Waals surface area contributed by atoms with Crippen LogP contribution >= 0.6 is 15.9 Å². The molecule has 0 saturated heterocycles. The molecule has 3 heteroatoms. The Balaban J connectivity index is 2.37. The highest BCUT2D eigenvalue weighted by Gasteiger charge is 2.13. The average molecular weight is 277 g/mol. The molecule has 0 aliphatic rings. The van der Waals surface area contributed by atoms with Crippen LogP contribution in [-0.4, -0.2) is 9.97 Å². The fourth-order valence-electron chi connectivity index (χ4n) is 1.84. The van der Waals surface area contributed by atoms with Gasteiger partial charge < -0.3 is 0 Å². The van der Waals surface area contributed by atoms with Gasteiger partial charge in [-0.25, -0.2) is 9.97 Å². The number of nitrogens with zero attached hydrogens (tertiary/aromatic N) is 2. The Morgan fingerprint density at radius 2 is 1.94 bits per heavy atom. The van der Waals surface area contributed by atoms with Crippen molar-refractivity contribution in [2.45, 2.75) is 19.3 Å². The van der Waals surface area contributed by atoms with Crippen LogP contribution in [0.25, 0.3) is 0 Å². The van der Waals surface area contributed by atoms with Gasteiger partial charge in [-0.05, 0) is 34.0 Å². The van der Waals surface area contributed by atoms with Crippen LogP contribution in [0.4, 0.5) is 0 Å². The van der Waals surface area contributed by atoms with Crippen LogP contribution in [0.5, 0.6) is 0 Å². The SMILES string of the molecule is CC[C@@H](c1ccccc1)c1cc(Br)ncn1. The molecule has 0 saturated carbocycles. The number of benzene rings is 1. The Morgan fingerprint density at radius 3 is 2.56 bits per heavy atom. The Hall–Kier alpha value is -1.22. The van der Waals surface area contributed by atoms with Gasteiger partial charge in [0.25, 0.3) is 0 Å². The Bertz CT molecular complexity index is 456. The van der Waals surface area contributed by atoms with E-state index >= 15 is 0 Å². The highest BCUT2D eigenvalue weighted by molar-refractivity contribution is 9.10. The fraction of sp³-hybridized carbons (Fsp3) is 0.231. The first-order valence-corrected chi connectivity index (χ1v) is 6.13. The predicted octanol–water partition coefficient (Wildman–Crippen LogP) is 3.78. The standard InChI is InChI=1S/C13H13BrN2/c1-2-11(10-6-4-3-5-7-10)12-8-13(14)16-9-15-12/h3-9,11H,2H2,1H3/t11-/m0/s1. The first-order chi connectivity index (χ1) is 7.81. The van der Waals surface area contributed by atoms with Crippen LogP contribution in [0, 0.1) is 0 Å². The maximum atomic E-state index is 4.35. The first kappa shape index (κ1) is 11.3. The van der Waals surface area contributed by atoms with Gasteiger partial charge in [0.15, 0.2) is 0 Å². The summed E-state index contributed by atoms with van der Waals surface area (Å²) in [5.74, 6) is 0.348. The first-order valence-electron chi connectivity index (χ1n) is 5.33. The molecule has 1 atom stereocenters. The van der Waals surface area contributed by atoms with Gasteiger partial charge in [0.1, 0.15) is 10.9 Å². The molecule has 2 nitrogen and oxygen atoms in total. The molecule has 1 heterocycles. The van der Waals surface area contributed by atoms with E-state index in [0.29, 0.717) is 5.92 Å². The largest absolute Gasteiger partial charge is 0.241 e. The summed E-state index contributed by atoms with van der Waals surface area (Å²) in [6, 6.07) is 12.4. The number of aromatic nitrogens is 2. The Morgan fingerprint density at radius 1 is 1.19 bits per heavy atom. The molecule has 0 bridgehead atoms. The third-order valence-electron chi connectivity index (χ3n) is 2.62. The van der Waals surface area contributed by atoms with E-state index in [1.807, 2.05) is 12.1 Å². The van der Waals surface area contributed by atoms with Crippen molar-refractivity contribution < 1.29 is 0 Å². The van der Waals surface area contributed by atoms with Crippen LogP contribution in [0.15, 0.2) is 47.3 Å². The zero-order chi connectivity index (χ0) is 11.4. The van der Waals surface area contributed by atoms with Gasteiger partial charge in [0, 0.05) is 5.92 Å². The molecule has 1 aromatic carbocycles. The van der Waals surface area contributed by atoms with Gasteiger partial charge >= 0.3 is 0 Å². The zero-order valence-electron chi connectivity index (χ0n) is 9.10. The van der Waals surface area contributed by atoms with E-state index in [4.69, 9.17) is 0 Å². The molecule has 0 amide bonds. The van der Waals surface area contributed by atoms with Crippen molar-refractivity contribution in [3.05, 3.63) is 58.6 Å². The highest BCUT2D eigenvalue weighted by atomic mass is 79.9. The smallest absolute Gasteiger partial charge is 0.116 e. The van der Waals surface area contributed by atoms with Crippen LogP contribution < -0.4 is 0 Å². The van der Waals surface area contributed by atoms with Crippen LogP contribution in [0.1, 0.15) is 30.5 Å². The van der Waals surface area contributed by atoms with Gasteiger partial charge in [0.2, 0.25) is 0 Å². The van der Waals surface area contributed by atoms with Crippen molar-refractivity contribution >= 4 is 15.9 Å². The molecule has 1 aromatic heterocycles. The van der Waals surface area contributed by atoms with Crippen LogP contribution in [-0.2, 0) is 0 Å². The van der Waals surface area contributed by atoms with Gasteiger partial charge in [0.05, 0.1) is 5.69 Å². The predicted molar refractivity (Wildman–Crippen MR) is 68.3 cm³/mol. The molecule has 0 fully saturated rings. The molecule has 0 aliphatic carbocycles. The van der Waals surface area contributed by atoms with E-state index in [1.54, 1.807) is 6.33 Å². The second-order valence-corrected chi connectivity index (χ2v) is 4.45. The van der Waals surface area contributed by atoms with Crippen LogP contribution in [0.2, 0.25) is 0 Å². The summed E-state index contributed by atoms with van der Waals surface area (Å²) < 4.78 is 0.840. The summed E-state index contributed by atoms with van der Waals surface area (Å²) in [5.41, 5.74) is 2.37. The lowest BCUT2D eigenvalue weighted by Gasteiger charge is -2.14. The molecule has 0 radical (unpaired) electrons. The number of hydrogen-bond acceptors (Lipinski definition) is 2. The molecule has 0 N–H and O–H groups in total. The summed E-state index contributed by atoms with van der Waals surface area (Å²) in [6.45, 7) is 2.17. The van der Waals surface area contributed by atoms with Crippen molar-refractivity contribution in [1.29, 1.82) is 0 Å². The van der Waals surface area contributed by atoms with Crippen molar-refractivity contribution in [1.82, 2.24) is 9.97 Å².